The van der Waals surface area contributed by atoms with E-state index in [1.807, 2.05) is 19.9 Å². The summed E-state index contributed by atoms with van der Waals surface area (Å²) in [6.45, 7) is 3.80. The fourth-order valence-electron chi connectivity index (χ4n) is 1.63. The molecule has 0 aliphatic rings. The van der Waals surface area contributed by atoms with Crippen LogP contribution < -0.4 is 4.74 Å². The zero-order valence-electron chi connectivity index (χ0n) is 11.1. The van der Waals surface area contributed by atoms with Crippen molar-refractivity contribution in [3.63, 3.8) is 0 Å². The number of rotatable bonds is 5. The Kier molecular flexibility index (Phi) is 4.27. The molecule has 0 radical (unpaired) electrons. The highest BCUT2D eigenvalue weighted by atomic mass is 32.2. The monoisotopic (exact) mass is 277 g/mol. The van der Waals surface area contributed by atoms with Crippen LogP contribution in [0.4, 0.5) is 0 Å². The molecule has 1 aromatic heterocycles. The summed E-state index contributed by atoms with van der Waals surface area (Å²) >= 11 is 1.48. The molecule has 1 heterocycles. The van der Waals surface area contributed by atoms with Gasteiger partial charge in [0.15, 0.2) is 0 Å². The number of nitrogens with zero attached hydrogens (tertiary/aromatic N) is 1. The Morgan fingerprint density at radius 2 is 2.21 bits per heavy atom. The third-order valence-corrected chi connectivity index (χ3v) is 3.68. The average Bonchev–Trinajstić information content (AvgIpc) is 2.75. The van der Waals surface area contributed by atoms with Crippen LogP contribution in [0.2, 0.25) is 0 Å². The molecule has 0 spiro atoms. The molecule has 0 amide bonds. The molecule has 0 aliphatic heterocycles. The van der Waals surface area contributed by atoms with Gasteiger partial charge in [0.05, 0.1) is 12.8 Å². The summed E-state index contributed by atoms with van der Waals surface area (Å²) in [5.74, 6) is 2.23. The highest BCUT2D eigenvalue weighted by Crippen LogP contribution is 2.29. The minimum atomic E-state index is 0.633. The zero-order chi connectivity index (χ0) is 13.8. The summed E-state index contributed by atoms with van der Waals surface area (Å²) in [4.78, 5) is 15.1. The Balaban J connectivity index is 2.15. The molecular weight excluding hydrogens is 262 g/mol. The van der Waals surface area contributed by atoms with Crippen LogP contribution in [-0.2, 0) is 5.75 Å². The molecule has 0 unspecified atom stereocenters. The van der Waals surface area contributed by atoms with Gasteiger partial charge in [-0.25, -0.2) is 4.98 Å². The molecule has 1 aromatic carbocycles. The van der Waals surface area contributed by atoms with Crippen LogP contribution in [-0.4, -0.2) is 18.4 Å². The van der Waals surface area contributed by atoms with E-state index in [0.717, 1.165) is 29.1 Å². The van der Waals surface area contributed by atoms with Crippen molar-refractivity contribution in [2.24, 2.45) is 0 Å². The fraction of sp³-hybridized carbons (Fsp3) is 0.286. The van der Waals surface area contributed by atoms with Crippen molar-refractivity contribution in [1.29, 1.82) is 0 Å². The van der Waals surface area contributed by atoms with Crippen LogP contribution >= 0.6 is 11.8 Å². The van der Waals surface area contributed by atoms with Crippen molar-refractivity contribution >= 4 is 18.0 Å². The second kappa shape index (κ2) is 5.93. The summed E-state index contributed by atoms with van der Waals surface area (Å²) < 4.78 is 10.8. The maximum absolute atomic E-state index is 10.8. The first kappa shape index (κ1) is 13.7. The van der Waals surface area contributed by atoms with E-state index in [1.165, 1.54) is 11.8 Å². The van der Waals surface area contributed by atoms with E-state index < -0.39 is 0 Å². The molecule has 2 aromatic rings. The quantitative estimate of drug-likeness (QED) is 0.619. The van der Waals surface area contributed by atoms with Gasteiger partial charge < -0.3 is 9.15 Å². The van der Waals surface area contributed by atoms with Gasteiger partial charge in [-0.2, -0.15) is 0 Å². The topological polar surface area (TPSA) is 52.3 Å². The lowest BCUT2D eigenvalue weighted by Crippen LogP contribution is -1.92. The number of ether oxygens (including phenoxy) is 1. The number of aromatic nitrogens is 1. The Hall–Kier alpha value is -1.75. The molecule has 0 atom stereocenters. The lowest BCUT2D eigenvalue weighted by molar-refractivity contribution is 0.112. The Bertz CT molecular complexity index is 573. The second-order valence-electron chi connectivity index (χ2n) is 4.10. The van der Waals surface area contributed by atoms with Crippen LogP contribution in [0.1, 0.15) is 27.4 Å². The second-order valence-corrected chi connectivity index (χ2v) is 5.03. The van der Waals surface area contributed by atoms with Crippen LogP contribution in [0.25, 0.3) is 0 Å². The van der Waals surface area contributed by atoms with Gasteiger partial charge in [-0.05, 0) is 32.0 Å². The number of methoxy groups -OCH3 is 1. The van der Waals surface area contributed by atoms with Gasteiger partial charge in [0.25, 0.3) is 5.22 Å². The maximum Gasteiger partial charge on any atom is 0.256 e. The van der Waals surface area contributed by atoms with E-state index >= 15 is 0 Å². The number of hydrogen-bond acceptors (Lipinski definition) is 5. The van der Waals surface area contributed by atoms with Gasteiger partial charge in [-0.3, -0.25) is 4.79 Å². The number of carbonyl (C=O) groups excluding carboxylic acids is 1. The van der Waals surface area contributed by atoms with Gasteiger partial charge >= 0.3 is 0 Å². The number of hydrogen-bond donors (Lipinski definition) is 0. The van der Waals surface area contributed by atoms with Crippen molar-refractivity contribution in [3.8, 4) is 5.75 Å². The highest BCUT2D eigenvalue weighted by Gasteiger charge is 2.09. The number of aryl methyl sites for hydroxylation is 2. The normalized spacial score (nSPS) is 10.5. The molecular formula is C14H15NO3S. The van der Waals surface area contributed by atoms with E-state index in [9.17, 15) is 4.79 Å². The lowest BCUT2D eigenvalue weighted by Gasteiger charge is -2.07. The van der Waals surface area contributed by atoms with Gasteiger partial charge in [0, 0.05) is 16.9 Å². The van der Waals surface area contributed by atoms with Gasteiger partial charge in [-0.1, -0.05) is 11.8 Å². The minimum absolute atomic E-state index is 0.633. The molecule has 0 saturated heterocycles. The van der Waals surface area contributed by atoms with Crippen molar-refractivity contribution < 1.29 is 13.9 Å². The van der Waals surface area contributed by atoms with E-state index in [0.29, 0.717) is 16.5 Å². The molecule has 0 saturated carbocycles. The molecule has 0 bridgehead atoms. The molecule has 4 nitrogen and oxygen atoms in total. The molecule has 0 N–H and O–H groups in total. The van der Waals surface area contributed by atoms with Gasteiger partial charge in [-0.15, -0.1) is 0 Å². The van der Waals surface area contributed by atoms with Crippen LogP contribution in [0.3, 0.4) is 0 Å². The Morgan fingerprint density at radius 3 is 2.79 bits per heavy atom. The average molecular weight is 277 g/mol. The first-order valence-corrected chi connectivity index (χ1v) is 6.81. The summed E-state index contributed by atoms with van der Waals surface area (Å²) in [5, 5.41) is 0.633. The van der Waals surface area contributed by atoms with Gasteiger partial charge in [0.1, 0.15) is 17.8 Å². The third-order valence-electron chi connectivity index (χ3n) is 2.80. The molecule has 2 rings (SSSR count). The third kappa shape index (κ3) is 3.17. The van der Waals surface area contributed by atoms with E-state index in [4.69, 9.17) is 9.15 Å². The van der Waals surface area contributed by atoms with Crippen molar-refractivity contribution in [2.75, 3.05) is 7.11 Å². The molecule has 0 aliphatic carbocycles. The van der Waals surface area contributed by atoms with Crippen molar-refractivity contribution in [2.45, 2.75) is 24.8 Å². The van der Waals surface area contributed by atoms with E-state index in [-0.39, 0.29) is 0 Å². The maximum atomic E-state index is 10.8. The number of oxazole rings is 1. The Morgan fingerprint density at radius 1 is 1.42 bits per heavy atom. The van der Waals surface area contributed by atoms with E-state index in [2.05, 4.69) is 4.98 Å². The summed E-state index contributed by atoms with van der Waals surface area (Å²) in [6.07, 6.45) is 0.826. The number of benzene rings is 1. The number of aldehydes is 1. The highest BCUT2D eigenvalue weighted by molar-refractivity contribution is 7.98. The lowest BCUT2D eigenvalue weighted by atomic mass is 10.1. The molecule has 100 valence electrons. The molecule has 0 fully saturated rings. The first-order valence-electron chi connectivity index (χ1n) is 5.83. The Labute approximate surface area is 116 Å². The van der Waals surface area contributed by atoms with Crippen LogP contribution in [0.15, 0.2) is 27.8 Å². The SMILES string of the molecule is COc1ccc(C=O)cc1CSc1nc(C)c(C)o1. The smallest absolute Gasteiger partial charge is 0.256 e. The van der Waals surface area contributed by atoms with Gasteiger partial charge in [0.2, 0.25) is 0 Å². The standard InChI is InChI=1S/C14H15NO3S/c1-9-10(2)18-14(15-9)19-8-12-6-11(7-16)4-5-13(12)17-3/h4-7H,8H2,1-3H3. The largest absolute Gasteiger partial charge is 0.496 e. The van der Waals surface area contributed by atoms with Crippen molar-refractivity contribution in [3.05, 3.63) is 40.8 Å². The predicted molar refractivity (Wildman–Crippen MR) is 73.9 cm³/mol. The number of thioether (sulfide) groups is 1. The zero-order valence-corrected chi connectivity index (χ0v) is 11.9. The predicted octanol–water partition coefficient (Wildman–Crippen LogP) is 3.40. The fourth-order valence-corrected chi connectivity index (χ4v) is 2.52. The summed E-state index contributed by atoms with van der Waals surface area (Å²) in [6, 6.07) is 5.35. The van der Waals surface area contributed by atoms with Crippen LogP contribution in [0, 0.1) is 13.8 Å². The molecule has 19 heavy (non-hydrogen) atoms. The summed E-state index contributed by atoms with van der Waals surface area (Å²) in [7, 11) is 1.61. The van der Waals surface area contributed by atoms with E-state index in [1.54, 1.807) is 19.2 Å². The van der Waals surface area contributed by atoms with Crippen LogP contribution in [0.5, 0.6) is 5.75 Å². The summed E-state index contributed by atoms with van der Waals surface area (Å²) in [5.41, 5.74) is 2.48. The number of carbonyl (C=O) groups is 1. The first-order chi connectivity index (χ1) is 9.13. The van der Waals surface area contributed by atoms with Crippen molar-refractivity contribution in [1.82, 2.24) is 4.98 Å². The molecule has 5 heteroatoms. The minimum Gasteiger partial charge on any atom is -0.496 e.